The van der Waals surface area contributed by atoms with Crippen LogP contribution in [0.1, 0.15) is 20.8 Å². The smallest absolute Gasteiger partial charge is 0.274 e. The van der Waals surface area contributed by atoms with Gasteiger partial charge < -0.3 is 11.1 Å². The number of nitro groups is 1. The fraction of sp³-hybridized carbons (Fsp3) is 0.500. The Bertz CT molecular complexity index is 451. The fourth-order valence-electron chi connectivity index (χ4n) is 1.51. The number of hydrogen-bond acceptors (Lipinski definition) is 4. The van der Waals surface area contributed by atoms with Crippen LogP contribution in [0, 0.1) is 21.8 Å². The number of hydrogen-bond donors (Lipinski definition) is 2. The second kappa shape index (κ2) is 5.30. The van der Waals surface area contributed by atoms with Gasteiger partial charge in [-0.2, -0.15) is 0 Å². The molecule has 1 atom stereocenters. The minimum atomic E-state index is -0.644. The van der Waals surface area contributed by atoms with E-state index in [-0.39, 0.29) is 11.6 Å². The van der Waals surface area contributed by atoms with E-state index in [0.717, 1.165) is 6.07 Å². The van der Waals surface area contributed by atoms with Gasteiger partial charge in [-0.3, -0.25) is 10.1 Å². The summed E-state index contributed by atoms with van der Waals surface area (Å²) in [4.78, 5) is 10.0. The average Bonchev–Trinajstić information content (AvgIpc) is 2.27. The summed E-state index contributed by atoms with van der Waals surface area (Å²) in [6.07, 6.45) is 0. The van der Waals surface area contributed by atoms with E-state index in [1.54, 1.807) is 0 Å². The van der Waals surface area contributed by atoms with Crippen LogP contribution in [-0.2, 0) is 0 Å². The number of nitrogens with zero attached hydrogens (tertiary/aromatic N) is 1. The first-order chi connectivity index (χ1) is 8.28. The summed E-state index contributed by atoms with van der Waals surface area (Å²) in [6.45, 7) is 6.20. The first-order valence-electron chi connectivity index (χ1n) is 5.71. The van der Waals surface area contributed by atoms with Gasteiger partial charge in [0.05, 0.1) is 11.0 Å². The van der Waals surface area contributed by atoms with Gasteiger partial charge in [-0.15, -0.1) is 0 Å². The fourth-order valence-corrected chi connectivity index (χ4v) is 1.51. The lowest BCUT2D eigenvalue weighted by molar-refractivity contribution is -0.385. The number of benzene rings is 1. The molecule has 100 valence electrons. The van der Waals surface area contributed by atoms with Gasteiger partial charge in [-0.05, 0) is 18.9 Å². The van der Waals surface area contributed by atoms with E-state index >= 15 is 0 Å². The van der Waals surface area contributed by atoms with Crippen molar-refractivity contribution in [3.63, 3.8) is 0 Å². The largest absolute Gasteiger partial charge is 0.378 e. The second-order valence-corrected chi connectivity index (χ2v) is 4.86. The van der Waals surface area contributed by atoms with E-state index in [4.69, 9.17) is 5.73 Å². The van der Waals surface area contributed by atoms with Crippen molar-refractivity contribution in [2.45, 2.75) is 26.3 Å². The van der Waals surface area contributed by atoms with Gasteiger partial charge in [0.15, 0.2) is 0 Å². The summed E-state index contributed by atoms with van der Waals surface area (Å²) in [7, 11) is 0. The van der Waals surface area contributed by atoms with Crippen LogP contribution in [0.3, 0.4) is 0 Å². The van der Waals surface area contributed by atoms with Crippen LogP contribution in [0.2, 0.25) is 0 Å². The van der Waals surface area contributed by atoms with Crippen molar-refractivity contribution in [3.8, 4) is 0 Å². The van der Waals surface area contributed by atoms with Crippen LogP contribution in [0.25, 0.3) is 0 Å². The molecule has 5 nitrogen and oxygen atoms in total. The predicted molar refractivity (Wildman–Crippen MR) is 69.0 cm³/mol. The molecule has 0 saturated carbocycles. The normalized spacial score (nSPS) is 14.3. The number of nitrogens with one attached hydrogen (secondary N) is 1. The molecule has 0 aliphatic heterocycles. The molecule has 0 spiro atoms. The number of non-ortho nitro benzene ring substituents is 1. The van der Waals surface area contributed by atoms with Crippen LogP contribution in [0.4, 0.5) is 15.8 Å². The summed E-state index contributed by atoms with van der Waals surface area (Å²) in [5.41, 5.74) is 5.35. The molecule has 0 bridgehead atoms. The zero-order valence-corrected chi connectivity index (χ0v) is 10.7. The van der Waals surface area contributed by atoms with Crippen molar-refractivity contribution in [2.24, 2.45) is 11.7 Å². The number of halogens is 1. The SMILES string of the molecule is CC(C)C(C)(CN)Nc1cc(F)cc([N+](=O)[O-])c1. The summed E-state index contributed by atoms with van der Waals surface area (Å²) in [5, 5.41) is 13.7. The third-order valence-electron chi connectivity index (χ3n) is 3.22. The summed E-state index contributed by atoms with van der Waals surface area (Å²) in [6, 6.07) is 3.42. The van der Waals surface area contributed by atoms with Crippen LogP contribution < -0.4 is 11.1 Å². The van der Waals surface area contributed by atoms with E-state index < -0.39 is 16.3 Å². The van der Waals surface area contributed by atoms with Gasteiger partial charge in [-0.25, -0.2) is 4.39 Å². The molecule has 1 aromatic carbocycles. The van der Waals surface area contributed by atoms with Crippen molar-refractivity contribution in [1.29, 1.82) is 0 Å². The molecule has 0 aromatic heterocycles. The first kappa shape index (κ1) is 14.4. The maximum Gasteiger partial charge on any atom is 0.274 e. The lowest BCUT2D eigenvalue weighted by Gasteiger charge is -2.34. The van der Waals surface area contributed by atoms with Crippen molar-refractivity contribution in [3.05, 3.63) is 34.1 Å². The Balaban J connectivity index is 3.07. The molecular weight excluding hydrogens is 237 g/mol. The standard InChI is InChI=1S/C12H18FN3O2/c1-8(2)12(3,7-14)15-10-4-9(13)5-11(6-10)16(17)18/h4-6,8,15H,7,14H2,1-3H3. The topological polar surface area (TPSA) is 81.2 Å². The lowest BCUT2D eigenvalue weighted by Crippen LogP contribution is -2.47. The van der Waals surface area contributed by atoms with Gasteiger partial charge in [0, 0.05) is 23.8 Å². The zero-order chi connectivity index (χ0) is 13.9. The highest BCUT2D eigenvalue weighted by atomic mass is 19.1. The Morgan fingerprint density at radius 1 is 1.50 bits per heavy atom. The van der Waals surface area contributed by atoms with Crippen molar-refractivity contribution < 1.29 is 9.31 Å². The number of anilines is 1. The lowest BCUT2D eigenvalue weighted by atomic mass is 9.88. The summed E-state index contributed by atoms with van der Waals surface area (Å²) in [5.74, 6) is -0.445. The van der Waals surface area contributed by atoms with Crippen LogP contribution in [-0.4, -0.2) is 17.0 Å². The van der Waals surface area contributed by atoms with Gasteiger partial charge >= 0.3 is 0 Å². The Kier molecular flexibility index (Phi) is 4.24. The van der Waals surface area contributed by atoms with E-state index in [9.17, 15) is 14.5 Å². The molecule has 1 aromatic rings. The molecule has 1 unspecified atom stereocenters. The summed E-state index contributed by atoms with van der Waals surface area (Å²) >= 11 is 0. The molecule has 3 N–H and O–H groups in total. The van der Waals surface area contributed by atoms with E-state index in [1.807, 2.05) is 20.8 Å². The zero-order valence-electron chi connectivity index (χ0n) is 10.7. The van der Waals surface area contributed by atoms with Crippen molar-refractivity contribution >= 4 is 11.4 Å². The van der Waals surface area contributed by atoms with Crippen LogP contribution in [0.5, 0.6) is 0 Å². The third-order valence-corrected chi connectivity index (χ3v) is 3.22. The number of nitro benzene ring substituents is 1. The highest BCUT2D eigenvalue weighted by Gasteiger charge is 2.27. The first-order valence-corrected chi connectivity index (χ1v) is 5.71. The van der Waals surface area contributed by atoms with Gasteiger partial charge in [0.25, 0.3) is 5.69 Å². The molecule has 1 rings (SSSR count). The third kappa shape index (κ3) is 3.16. The molecule has 0 saturated heterocycles. The number of nitrogens with two attached hydrogens (primary N) is 1. The Hall–Kier alpha value is -1.69. The van der Waals surface area contributed by atoms with E-state index in [0.29, 0.717) is 12.2 Å². The minimum absolute atomic E-state index is 0.199. The molecule has 6 heteroatoms. The highest BCUT2D eigenvalue weighted by molar-refractivity contribution is 5.53. The second-order valence-electron chi connectivity index (χ2n) is 4.86. The quantitative estimate of drug-likeness (QED) is 0.625. The van der Waals surface area contributed by atoms with Gasteiger partial charge in [-0.1, -0.05) is 13.8 Å². The molecule has 0 aliphatic rings. The van der Waals surface area contributed by atoms with Crippen molar-refractivity contribution in [1.82, 2.24) is 0 Å². The molecule has 0 radical (unpaired) electrons. The summed E-state index contributed by atoms with van der Waals surface area (Å²) < 4.78 is 13.3. The Morgan fingerprint density at radius 3 is 2.56 bits per heavy atom. The Labute approximate surface area is 105 Å². The minimum Gasteiger partial charge on any atom is -0.378 e. The van der Waals surface area contributed by atoms with E-state index in [1.165, 1.54) is 12.1 Å². The maximum absolute atomic E-state index is 13.3. The van der Waals surface area contributed by atoms with E-state index in [2.05, 4.69) is 5.32 Å². The average molecular weight is 255 g/mol. The molecular formula is C12H18FN3O2. The maximum atomic E-state index is 13.3. The van der Waals surface area contributed by atoms with Crippen LogP contribution >= 0.6 is 0 Å². The Morgan fingerprint density at radius 2 is 2.11 bits per heavy atom. The van der Waals surface area contributed by atoms with Gasteiger partial charge in [0.2, 0.25) is 0 Å². The molecule has 0 aliphatic carbocycles. The van der Waals surface area contributed by atoms with Gasteiger partial charge in [0.1, 0.15) is 5.82 Å². The molecule has 0 heterocycles. The van der Waals surface area contributed by atoms with Crippen LogP contribution in [0.15, 0.2) is 18.2 Å². The van der Waals surface area contributed by atoms with Crippen molar-refractivity contribution in [2.75, 3.05) is 11.9 Å². The highest BCUT2D eigenvalue weighted by Crippen LogP contribution is 2.26. The molecule has 0 fully saturated rings. The molecule has 18 heavy (non-hydrogen) atoms. The predicted octanol–water partition coefficient (Wildman–Crippen LogP) is 2.52. The number of rotatable bonds is 5. The molecule has 0 amide bonds. The monoisotopic (exact) mass is 255 g/mol.